The van der Waals surface area contributed by atoms with Crippen LogP contribution in [0.1, 0.15) is 5.56 Å². The minimum Gasteiger partial charge on any atom is -0.394 e. The van der Waals surface area contributed by atoms with Gasteiger partial charge in [0.2, 0.25) is 0 Å². The molecule has 1 aliphatic heterocycles. The predicted molar refractivity (Wildman–Crippen MR) is 66.2 cm³/mol. The van der Waals surface area contributed by atoms with Crippen LogP contribution in [0.25, 0.3) is 0 Å². The first-order valence-electron chi connectivity index (χ1n) is 5.81. The van der Waals surface area contributed by atoms with Crippen LogP contribution in [-0.2, 0) is 15.9 Å². The Labute approximate surface area is 102 Å². The molecule has 4 nitrogen and oxygen atoms in total. The van der Waals surface area contributed by atoms with Crippen molar-refractivity contribution in [2.45, 2.75) is 18.8 Å². The third-order valence-electron chi connectivity index (χ3n) is 3.28. The highest BCUT2D eigenvalue weighted by Gasteiger charge is 2.30. The monoisotopic (exact) mass is 237 g/mol. The minimum atomic E-state index is -0.268. The van der Waals surface area contributed by atoms with Crippen LogP contribution < -0.4 is 4.90 Å². The van der Waals surface area contributed by atoms with Gasteiger partial charge in [0.05, 0.1) is 19.2 Å². The van der Waals surface area contributed by atoms with Gasteiger partial charge in [-0.05, 0) is 18.1 Å². The molecular weight excluding hydrogens is 218 g/mol. The van der Waals surface area contributed by atoms with E-state index in [2.05, 4.69) is 17.0 Å². The summed E-state index contributed by atoms with van der Waals surface area (Å²) in [6, 6.07) is 8.35. The van der Waals surface area contributed by atoms with Gasteiger partial charge in [-0.25, -0.2) is 0 Å². The average molecular weight is 237 g/mol. The summed E-state index contributed by atoms with van der Waals surface area (Å²) in [5, 5.41) is 9.44. The van der Waals surface area contributed by atoms with Gasteiger partial charge in [-0.2, -0.15) is 0 Å². The molecule has 17 heavy (non-hydrogen) atoms. The van der Waals surface area contributed by atoms with Crippen LogP contribution >= 0.6 is 0 Å². The van der Waals surface area contributed by atoms with E-state index in [1.165, 1.54) is 11.3 Å². The Morgan fingerprint density at radius 1 is 1.35 bits per heavy atom. The largest absolute Gasteiger partial charge is 0.394 e. The summed E-state index contributed by atoms with van der Waals surface area (Å²) >= 11 is 0. The number of hydrogen-bond donors (Lipinski definition) is 1. The number of aliphatic hydroxyl groups excluding tert-OH is 1. The lowest BCUT2D eigenvalue weighted by molar-refractivity contribution is -0.0957. The van der Waals surface area contributed by atoms with Crippen molar-refractivity contribution in [2.24, 2.45) is 0 Å². The number of nitrogens with zero attached hydrogens (tertiary/aromatic N) is 1. The molecule has 0 bridgehead atoms. The molecule has 94 valence electrons. The molecule has 0 fully saturated rings. The van der Waals surface area contributed by atoms with E-state index in [0.717, 1.165) is 6.42 Å². The van der Waals surface area contributed by atoms with E-state index in [9.17, 15) is 5.11 Å². The van der Waals surface area contributed by atoms with Crippen molar-refractivity contribution in [3.8, 4) is 0 Å². The standard InChI is InChI=1S/C13H19NO3/c1-16-13(17-2)8-14-11(9-15)7-10-5-3-4-6-12(10)14/h3-6,11,13,15H,7-9H2,1-2H3/t11-/m0/s1. The lowest BCUT2D eigenvalue weighted by Gasteiger charge is -2.29. The molecule has 1 N–H and O–H groups in total. The summed E-state index contributed by atoms with van der Waals surface area (Å²) in [5.41, 5.74) is 2.45. The molecule has 1 aromatic rings. The maximum atomic E-state index is 9.44. The molecule has 0 saturated heterocycles. The number of aliphatic hydroxyl groups is 1. The molecule has 0 radical (unpaired) electrons. The molecule has 0 spiro atoms. The van der Waals surface area contributed by atoms with Crippen LogP contribution in [0.4, 0.5) is 5.69 Å². The number of ether oxygens (including phenoxy) is 2. The van der Waals surface area contributed by atoms with E-state index < -0.39 is 0 Å². The molecule has 2 rings (SSSR count). The van der Waals surface area contributed by atoms with Gasteiger partial charge in [0.15, 0.2) is 6.29 Å². The van der Waals surface area contributed by atoms with E-state index in [-0.39, 0.29) is 18.9 Å². The van der Waals surface area contributed by atoms with Gasteiger partial charge in [-0.3, -0.25) is 0 Å². The third-order valence-corrected chi connectivity index (χ3v) is 3.28. The molecule has 4 heteroatoms. The van der Waals surface area contributed by atoms with Crippen LogP contribution in [0.2, 0.25) is 0 Å². The summed E-state index contributed by atoms with van der Waals surface area (Å²) in [4.78, 5) is 2.16. The fourth-order valence-electron chi connectivity index (χ4n) is 2.34. The number of fused-ring (bicyclic) bond motifs is 1. The molecule has 0 unspecified atom stereocenters. The van der Waals surface area contributed by atoms with E-state index in [0.29, 0.717) is 6.54 Å². The van der Waals surface area contributed by atoms with E-state index in [4.69, 9.17) is 9.47 Å². The highest BCUT2D eigenvalue weighted by Crippen LogP contribution is 2.31. The Kier molecular flexibility index (Phi) is 3.99. The topological polar surface area (TPSA) is 41.9 Å². The zero-order chi connectivity index (χ0) is 12.3. The number of methoxy groups -OCH3 is 2. The first-order chi connectivity index (χ1) is 8.30. The highest BCUT2D eigenvalue weighted by molar-refractivity contribution is 5.59. The second-order valence-electron chi connectivity index (χ2n) is 4.22. The fraction of sp³-hybridized carbons (Fsp3) is 0.538. The van der Waals surface area contributed by atoms with Crippen molar-refractivity contribution < 1.29 is 14.6 Å². The smallest absolute Gasteiger partial charge is 0.174 e. The first kappa shape index (κ1) is 12.4. The van der Waals surface area contributed by atoms with Crippen LogP contribution in [0.3, 0.4) is 0 Å². The van der Waals surface area contributed by atoms with Gasteiger partial charge in [0.25, 0.3) is 0 Å². The van der Waals surface area contributed by atoms with Gasteiger partial charge in [0, 0.05) is 19.9 Å². The Bertz CT molecular complexity index is 365. The zero-order valence-corrected chi connectivity index (χ0v) is 10.3. The lowest BCUT2D eigenvalue weighted by Crippen LogP contribution is -2.41. The molecule has 1 atom stereocenters. The number of para-hydroxylation sites is 1. The SMILES string of the molecule is COC(CN1c2ccccc2C[C@H]1CO)OC. The normalized spacial score (nSPS) is 18.8. The van der Waals surface area contributed by atoms with E-state index in [1.807, 2.05) is 12.1 Å². The number of hydrogen-bond acceptors (Lipinski definition) is 4. The number of rotatable bonds is 5. The molecule has 0 saturated carbocycles. The van der Waals surface area contributed by atoms with Gasteiger partial charge in [-0.15, -0.1) is 0 Å². The van der Waals surface area contributed by atoms with Crippen molar-refractivity contribution in [3.05, 3.63) is 29.8 Å². The van der Waals surface area contributed by atoms with Gasteiger partial charge in [-0.1, -0.05) is 18.2 Å². The third kappa shape index (κ3) is 2.44. The van der Waals surface area contributed by atoms with Gasteiger partial charge >= 0.3 is 0 Å². The van der Waals surface area contributed by atoms with Gasteiger partial charge < -0.3 is 19.5 Å². The maximum Gasteiger partial charge on any atom is 0.174 e. The summed E-state index contributed by atoms with van der Waals surface area (Å²) in [5.74, 6) is 0. The van der Waals surface area contributed by atoms with Crippen molar-refractivity contribution in [3.63, 3.8) is 0 Å². The van der Waals surface area contributed by atoms with Crippen molar-refractivity contribution in [1.29, 1.82) is 0 Å². The van der Waals surface area contributed by atoms with Crippen LogP contribution in [0.15, 0.2) is 24.3 Å². The van der Waals surface area contributed by atoms with Crippen molar-refractivity contribution in [2.75, 3.05) is 32.3 Å². The van der Waals surface area contributed by atoms with Crippen LogP contribution in [0, 0.1) is 0 Å². The van der Waals surface area contributed by atoms with E-state index in [1.54, 1.807) is 14.2 Å². The molecule has 0 aliphatic carbocycles. The number of anilines is 1. The first-order valence-corrected chi connectivity index (χ1v) is 5.81. The molecule has 1 heterocycles. The minimum absolute atomic E-state index is 0.125. The van der Waals surface area contributed by atoms with E-state index >= 15 is 0 Å². The molecule has 0 amide bonds. The molecule has 1 aliphatic rings. The molecule has 1 aromatic carbocycles. The summed E-state index contributed by atoms with van der Waals surface area (Å²) in [6.45, 7) is 0.782. The van der Waals surface area contributed by atoms with Gasteiger partial charge in [0.1, 0.15) is 0 Å². The predicted octanol–water partition coefficient (Wildman–Crippen LogP) is 1.03. The Balaban J connectivity index is 2.18. The Morgan fingerprint density at radius 3 is 2.71 bits per heavy atom. The van der Waals surface area contributed by atoms with Crippen LogP contribution in [-0.4, -0.2) is 44.8 Å². The second-order valence-corrected chi connectivity index (χ2v) is 4.22. The second kappa shape index (κ2) is 5.49. The van der Waals surface area contributed by atoms with Crippen molar-refractivity contribution >= 4 is 5.69 Å². The summed E-state index contributed by atoms with van der Waals surface area (Å²) in [6.07, 6.45) is 0.613. The average Bonchev–Trinajstić information content (AvgIpc) is 2.73. The van der Waals surface area contributed by atoms with Crippen molar-refractivity contribution in [1.82, 2.24) is 0 Å². The highest BCUT2D eigenvalue weighted by atomic mass is 16.7. The maximum absolute atomic E-state index is 9.44. The molecule has 0 aromatic heterocycles. The Hall–Kier alpha value is -1.10. The van der Waals surface area contributed by atoms with Crippen LogP contribution in [0.5, 0.6) is 0 Å². The molecular formula is C13H19NO3. The zero-order valence-electron chi connectivity index (χ0n) is 10.3. The lowest BCUT2D eigenvalue weighted by atomic mass is 10.1. The Morgan fingerprint density at radius 2 is 2.06 bits per heavy atom. The number of benzene rings is 1. The quantitative estimate of drug-likeness (QED) is 0.777. The fourth-order valence-corrected chi connectivity index (χ4v) is 2.34. The summed E-state index contributed by atoms with van der Waals surface area (Å²) < 4.78 is 10.4. The summed E-state index contributed by atoms with van der Waals surface area (Å²) in [7, 11) is 3.26.